The third kappa shape index (κ3) is 14.6. The van der Waals surface area contributed by atoms with Crippen molar-refractivity contribution in [1.29, 1.82) is 0 Å². The van der Waals surface area contributed by atoms with Gasteiger partial charge in [0, 0.05) is 19.1 Å². The van der Waals surface area contributed by atoms with E-state index in [4.69, 9.17) is 61.6 Å². The zero-order chi connectivity index (χ0) is 59.6. The lowest BCUT2D eigenvalue weighted by Crippen LogP contribution is -2.69. The molecule has 19 atom stereocenters. The average molecular weight is 1170 g/mol. The van der Waals surface area contributed by atoms with E-state index in [0.717, 1.165) is 19.1 Å². The molecule has 0 amide bonds. The van der Waals surface area contributed by atoms with Crippen LogP contribution in [-0.2, 0) is 66.5 Å². The van der Waals surface area contributed by atoms with Crippen LogP contribution in [0.2, 0.25) is 0 Å². The van der Waals surface area contributed by atoms with Crippen molar-refractivity contribution in [3.63, 3.8) is 0 Å². The molecule has 0 spiro atoms. The second kappa shape index (κ2) is 28.2. The molecule has 4 fully saturated rings. The highest BCUT2D eigenvalue weighted by Crippen LogP contribution is 2.42. The van der Waals surface area contributed by atoms with Crippen molar-refractivity contribution in [2.45, 2.75) is 123 Å². The SMILES string of the molecule is COc1cc(C=CC(=O)OC[C@@]2(O[C@H]3O[C@H](COC(C)=O)[C@H](OC(=O)C=Cc4ccc(O)c(OC)c4)[C@H](O[C@H]4O[C@@H](CO)[C@@H](O)[C@@H](O)[C@@H]4O)[C@H]3O[C@H]3O[C@@H](CO)[C@H](O)[C@@H](O)[C@@H]3O)O[C@H](CO)[C@H](O)[C@H]2OC(=O)c2ccccc2)ccc1O. The lowest BCUT2D eigenvalue weighted by molar-refractivity contribution is -0.421. The summed E-state index contributed by atoms with van der Waals surface area (Å²) in [6.45, 7) is -4.28. The van der Waals surface area contributed by atoms with Crippen LogP contribution in [0, 0.1) is 0 Å². The second-order valence-electron chi connectivity index (χ2n) is 18.9. The van der Waals surface area contributed by atoms with Crippen LogP contribution in [0.3, 0.4) is 0 Å². The minimum atomic E-state index is -2.93. The van der Waals surface area contributed by atoms with Gasteiger partial charge in [-0.3, -0.25) is 4.79 Å². The van der Waals surface area contributed by atoms with E-state index >= 15 is 0 Å². The number of carbonyl (C=O) groups is 4. The first-order valence-corrected chi connectivity index (χ1v) is 25.2. The molecule has 450 valence electrons. The molecule has 29 nitrogen and oxygen atoms in total. The zero-order valence-electron chi connectivity index (χ0n) is 43.9. The highest BCUT2D eigenvalue weighted by Gasteiger charge is 2.64. The Labute approximate surface area is 466 Å². The van der Waals surface area contributed by atoms with Crippen molar-refractivity contribution in [1.82, 2.24) is 0 Å². The Hall–Kier alpha value is -6.46. The lowest BCUT2D eigenvalue weighted by Gasteiger charge is -2.50. The molecule has 4 heterocycles. The molecule has 4 aliphatic heterocycles. The maximum atomic E-state index is 14.1. The maximum Gasteiger partial charge on any atom is 0.338 e. The summed E-state index contributed by atoms with van der Waals surface area (Å²) in [5.74, 6) is -7.94. The van der Waals surface area contributed by atoms with Crippen molar-refractivity contribution >= 4 is 36.0 Å². The number of carbonyl (C=O) groups excluding carboxylic acids is 4. The topological polar surface area (TPSA) is 431 Å². The first-order chi connectivity index (χ1) is 39.1. The number of ether oxygens (including phenoxy) is 13. The number of aliphatic hydroxyl groups excluding tert-OH is 10. The summed E-state index contributed by atoms with van der Waals surface area (Å²) in [6.07, 6.45) is -33.5. The first-order valence-electron chi connectivity index (χ1n) is 25.2. The van der Waals surface area contributed by atoms with E-state index in [0.29, 0.717) is 5.56 Å². The number of aliphatic hydroxyl groups is 10. The van der Waals surface area contributed by atoms with Crippen LogP contribution in [0.25, 0.3) is 12.2 Å². The Bertz CT molecular complexity index is 2690. The van der Waals surface area contributed by atoms with Gasteiger partial charge in [-0.15, -0.1) is 0 Å². The standard InChI is InChI=1S/C53H64O29/c1-24(57)72-22-35-45(77-37(61)16-12-26-10-14-29(59)31(18-26)71-3)46(78-50-43(67)41(65)38(62)32(19-54)74-50)47(79-51-44(68)42(66)39(63)33(20-55)75-51)52(76-35)82-53(23-73-36(60)15-11-25-9-13-28(58)30(17-25)70-2)48(40(64)34(21-56)81-53)80-49(69)27-7-5-4-6-8-27/h4-18,32-35,38-48,50-52,54-56,58-59,62-68H,19-23H2,1-3H3/t32-,33-,34+,35+,38+,39-,40-,41+,42+,43-,44-,45-,46-,47+,48+,50+,51+,52+,53-/m0/s1. The van der Waals surface area contributed by atoms with Crippen LogP contribution in [0.1, 0.15) is 28.4 Å². The molecule has 0 bridgehead atoms. The van der Waals surface area contributed by atoms with E-state index in [1.165, 1.54) is 87.0 Å². The number of benzene rings is 3. The van der Waals surface area contributed by atoms with Gasteiger partial charge in [-0.25, -0.2) is 14.4 Å². The lowest BCUT2D eigenvalue weighted by atomic mass is 9.95. The monoisotopic (exact) mass is 1160 g/mol. The van der Waals surface area contributed by atoms with E-state index < -0.39 is 173 Å². The molecule has 4 aliphatic rings. The summed E-state index contributed by atoms with van der Waals surface area (Å²) in [6, 6.07) is 15.2. The second-order valence-corrected chi connectivity index (χ2v) is 18.9. The maximum absolute atomic E-state index is 14.1. The fourth-order valence-corrected chi connectivity index (χ4v) is 9.09. The van der Waals surface area contributed by atoms with Gasteiger partial charge < -0.3 is 123 Å². The summed E-state index contributed by atoms with van der Waals surface area (Å²) in [7, 11) is 2.56. The summed E-state index contributed by atoms with van der Waals surface area (Å²) in [5, 5.41) is 130. The number of methoxy groups -OCH3 is 2. The Morgan fingerprint density at radius 2 is 1.07 bits per heavy atom. The van der Waals surface area contributed by atoms with Gasteiger partial charge in [-0.05, 0) is 59.7 Å². The molecule has 82 heavy (non-hydrogen) atoms. The van der Waals surface area contributed by atoms with Crippen LogP contribution in [-0.4, -0.2) is 249 Å². The Kier molecular flexibility index (Phi) is 21.7. The Balaban J connectivity index is 1.39. The Morgan fingerprint density at radius 1 is 0.561 bits per heavy atom. The van der Waals surface area contributed by atoms with E-state index in [1.807, 2.05) is 0 Å². The molecule has 3 aromatic carbocycles. The highest BCUT2D eigenvalue weighted by atomic mass is 16.8. The summed E-state index contributed by atoms with van der Waals surface area (Å²) < 4.78 is 76.3. The smallest absolute Gasteiger partial charge is 0.338 e. The van der Waals surface area contributed by atoms with Gasteiger partial charge in [-0.2, -0.15) is 0 Å². The first kappa shape index (κ1) is 63.1. The van der Waals surface area contributed by atoms with Crippen LogP contribution < -0.4 is 9.47 Å². The number of hydrogen-bond donors (Lipinski definition) is 12. The van der Waals surface area contributed by atoms with E-state index in [2.05, 4.69) is 0 Å². The molecule has 0 unspecified atom stereocenters. The predicted molar refractivity (Wildman–Crippen MR) is 268 cm³/mol. The van der Waals surface area contributed by atoms with Crippen LogP contribution in [0.15, 0.2) is 78.9 Å². The normalized spacial score (nSPS) is 33.9. The van der Waals surface area contributed by atoms with E-state index in [-0.39, 0.29) is 34.1 Å². The number of rotatable bonds is 22. The molecule has 3 aromatic rings. The van der Waals surface area contributed by atoms with Gasteiger partial charge in [0.05, 0.1) is 39.6 Å². The van der Waals surface area contributed by atoms with Crippen molar-refractivity contribution < 1.29 is 142 Å². The molecular formula is C53H64O29. The van der Waals surface area contributed by atoms with Crippen LogP contribution in [0.4, 0.5) is 0 Å². The minimum Gasteiger partial charge on any atom is -0.504 e. The number of esters is 4. The van der Waals surface area contributed by atoms with Crippen LogP contribution >= 0.6 is 0 Å². The predicted octanol–water partition coefficient (Wildman–Crippen LogP) is -3.35. The third-order valence-electron chi connectivity index (χ3n) is 13.4. The van der Waals surface area contributed by atoms with Gasteiger partial charge in [0.25, 0.3) is 0 Å². The molecule has 0 radical (unpaired) electrons. The third-order valence-corrected chi connectivity index (χ3v) is 13.4. The van der Waals surface area contributed by atoms with Gasteiger partial charge in [0.1, 0.15) is 92.6 Å². The van der Waals surface area contributed by atoms with Gasteiger partial charge in [0.2, 0.25) is 5.79 Å². The highest BCUT2D eigenvalue weighted by molar-refractivity contribution is 5.90. The van der Waals surface area contributed by atoms with Gasteiger partial charge in [-0.1, -0.05) is 30.3 Å². The fourth-order valence-electron chi connectivity index (χ4n) is 9.09. The van der Waals surface area contributed by atoms with E-state index in [9.17, 15) is 80.5 Å². The molecule has 0 aromatic heterocycles. The van der Waals surface area contributed by atoms with Crippen molar-refractivity contribution in [2.24, 2.45) is 0 Å². The fraction of sp³-hybridized carbons (Fsp3) is 0.509. The average Bonchev–Trinajstić information content (AvgIpc) is 3.55. The number of aromatic hydroxyl groups is 2. The molecule has 4 saturated heterocycles. The van der Waals surface area contributed by atoms with E-state index in [1.54, 1.807) is 6.07 Å². The molecular weight excluding hydrogens is 1100 g/mol. The summed E-state index contributed by atoms with van der Waals surface area (Å²) >= 11 is 0. The summed E-state index contributed by atoms with van der Waals surface area (Å²) in [4.78, 5) is 54.4. The number of phenolic OH excluding ortho intramolecular Hbond substituents is 2. The quantitative estimate of drug-likeness (QED) is 0.0266. The molecule has 29 heteroatoms. The minimum absolute atomic E-state index is 0.00475. The molecule has 12 N–H and O–H groups in total. The van der Waals surface area contributed by atoms with Crippen molar-refractivity contribution in [3.05, 3.63) is 95.6 Å². The van der Waals surface area contributed by atoms with Gasteiger partial charge in [0.15, 0.2) is 54.1 Å². The zero-order valence-corrected chi connectivity index (χ0v) is 43.9. The van der Waals surface area contributed by atoms with Gasteiger partial charge >= 0.3 is 23.9 Å². The van der Waals surface area contributed by atoms with Crippen LogP contribution in [0.5, 0.6) is 23.0 Å². The molecule has 0 aliphatic carbocycles. The van der Waals surface area contributed by atoms with Crippen molar-refractivity contribution in [3.8, 4) is 23.0 Å². The largest absolute Gasteiger partial charge is 0.504 e. The number of phenols is 2. The number of hydrogen-bond acceptors (Lipinski definition) is 29. The molecule has 7 rings (SSSR count). The molecule has 0 saturated carbocycles. The Morgan fingerprint density at radius 3 is 1.59 bits per heavy atom. The van der Waals surface area contributed by atoms with Crippen molar-refractivity contribution in [2.75, 3.05) is 47.3 Å². The summed E-state index contributed by atoms with van der Waals surface area (Å²) in [5.41, 5.74) is 0.453.